The summed E-state index contributed by atoms with van der Waals surface area (Å²) in [7, 11) is 0. The fourth-order valence-electron chi connectivity index (χ4n) is 6.19. The van der Waals surface area contributed by atoms with Gasteiger partial charge in [0, 0.05) is 30.7 Å². The lowest BCUT2D eigenvalue weighted by Crippen LogP contribution is -2.58. The van der Waals surface area contributed by atoms with Crippen molar-refractivity contribution in [3.63, 3.8) is 0 Å². The van der Waals surface area contributed by atoms with Crippen molar-refractivity contribution in [1.29, 1.82) is 0 Å². The molecule has 3 aliphatic rings. The number of anilines is 2. The number of carboxylic acid groups (broad SMARTS) is 1. The van der Waals surface area contributed by atoms with E-state index in [1.54, 1.807) is 0 Å². The van der Waals surface area contributed by atoms with Crippen LogP contribution in [0.1, 0.15) is 62.4 Å². The number of aromatic nitrogens is 2. The molecule has 0 radical (unpaired) electrons. The van der Waals surface area contributed by atoms with Crippen molar-refractivity contribution in [3.05, 3.63) is 45.1 Å². The van der Waals surface area contributed by atoms with E-state index < -0.39 is 11.4 Å². The summed E-state index contributed by atoms with van der Waals surface area (Å²) in [5, 5.41) is 14.2. The summed E-state index contributed by atoms with van der Waals surface area (Å²) in [5.74, 6) is 1.93. The first-order valence-corrected chi connectivity index (χ1v) is 14.1. The number of likely N-dealkylation sites (tertiary alicyclic amines) is 1. The molecule has 2 atom stereocenters. The second-order valence-electron chi connectivity index (χ2n) is 11.7. The Bertz CT molecular complexity index is 1180. The summed E-state index contributed by atoms with van der Waals surface area (Å²) < 4.78 is 0. The van der Waals surface area contributed by atoms with Gasteiger partial charge in [0.25, 0.3) is 0 Å². The molecule has 3 fully saturated rings. The maximum absolute atomic E-state index is 11.5. The third kappa shape index (κ3) is 5.27. The van der Waals surface area contributed by atoms with Crippen molar-refractivity contribution in [1.82, 2.24) is 14.9 Å². The highest BCUT2D eigenvalue weighted by atomic mass is 35.5. The summed E-state index contributed by atoms with van der Waals surface area (Å²) in [5.41, 5.74) is 2.35. The van der Waals surface area contributed by atoms with Gasteiger partial charge in [-0.25, -0.2) is 4.98 Å². The summed E-state index contributed by atoms with van der Waals surface area (Å²) in [6, 6.07) is 6.42. The predicted molar refractivity (Wildman–Crippen MR) is 149 cm³/mol. The van der Waals surface area contributed by atoms with Gasteiger partial charge in [0.2, 0.25) is 5.95 Å². The summed E-state index contributed by atoms with van der Waals surface area (Å²) >= 11 is 13.1. The highest BCUT2D eigenvalue weighted by Crippen LogP contribution is 2.45. The van der Waals surface area contributed by atoms with Crippen LogP contribution in [0.3, 0.4) is 0 Å². The van der Waals surface area contributed by atoms with E-state index in [9.17, 15) is 9.90 Å². The number of carboxylic acids is 1. The molecule has 200 valence electrons. The lowest BCUT2D eigenvalue weighted by molar-refractivity contribution is -0.158. The van der Waals surface area contributed by atoms with Crippen LogP contribution in [0.25, 0.3) is 0 Å². The highest BCUT2D eigenvalue weighted by molar-refractivity contribution is 6.33. The monoisotopic (exact) mass is 545 g/mol. The first-order chi connectivity index (χ1) is 17.5. The van der Waals surface area contributed by atoms with E-state index in [1.165, 1.54) is 12.8 Å². The molecular formula is C28H37Cl2N5O2. The van der Waals surface area contributed by atoms with E-state index in [2.05, 4.69) is 28.1 Å². The van der Waals surface area contributed by atoms with Crippen LogP contribution in [0.4, 0.5) is 11.8 Å². The van der Waals surface area contributed by atoms with Gasteiger partial charge in [-0.1, -0.05) is 35.3 Å². The van der Waals surface area contributed by atoms with Crippen molar-refractivity contribution in [2.75, 3.05) is 36.4 Å². The topological polar surface area (TPSA) is 81.6 Å². The van der Waals surface area contributed by atoms with Crippen LogP contribution in [0.5, 0.6) is 0 Å². The van der Waals surface area contributed by atoms with Gasteiger partial charge < -0.3 is 20.2 Å². The second kappa shape index (κ2) is 10.2. The van der Waals surface area contributed by atoms with Crippen molar-refractivity contribution in [3.8, 4) is 0 Å². The normalized spacial score (nSPS) is 27.4. The van der Waals surface area contributed by atoms with Crippen LogP contribution in [-0.4, -0.2) is 58.2 Å². The van der Waals surface area contributed by atoms with Crippen LogP contribution in [0.15, 0.2) is 18.2 Å². The number of aliphatic carboxylic acids is 1. The third-order valence-electron chi connectivity index (χ3n) is 8.73. The molecule has 0 bridgehead atoms. The molecule has 0 unspecified atom stereocenters. The molecule has 1 aromatic carbocycles. The minimum atomic E-state index is -0.657. The summed E-state index contributed by atoms with van der Waals surface area (Å²) in [6.45, 7) is 11.9. The summed E-state index contributed by atoms with van der Waals surface area (Å²) in [4.78, 5) is 25.8. The van der Waals surface area contributed by atoms with E-state index in [-0.39, 0.29) is 6.04 Å². The fourth-order valence-corrected chi connectivity index (χ4v) is 6.73. The maximum atomic E-state index is 11.5. The number of benzene rings is 1. The lowest BCUT2D eigenvalue weighted by Gasteiger charge is -2.52. The molecule has 2 saturated heterocycles. The van der Waals surface area contributed by atoms with Crippen LogP contribution in [-0.2, 0) is 4.79 Å². The van der Waals surface area contributed by atoms with Gasteiger partial charge in [-0.2, -0.15) is 4.98 Å². The Labute approximate surface area is 229 Å². The number of carbonyl (C=O) groups is 1. The molecule has 1 aromatic heterocycles. The van der Waals surface area contributed by atoms with E-state index in [0.717, 1.165) is 60.9 Å². The van der Waals surface area contributed by atoms with E-state index in [1.807, 2.05) is 32.9 Å². The number of nitrogens with one attached hydrogen (secondary N) is 1. The number of rotatable bonds is 7. The van der Waals surface area contributed by atoms with Gasteiger partial charge in [0.1, 0.15) is 5.02 Å². The SMILES string of the molecule is Cc1ccc([C@@H](C)Nc2nc(N3CC([C@H]4CCCN([C@H]5C[C@](C)(C(=O)O)C5)C4)C3)nc(C)c2Cl)c(Cl)c1. The Morgan fingerprint density at radius 3 is 2.57 bits per heavy atom. The van der Waals surface area contributed by atoms with Crippen LogP contribution < -0.4 is 10.2 Å². The van der Waals surface area contributed by atoms with Crippen LogP contribution in [0.2, 0.25) is 10.0 Å². The Morgan fingerprint density at radius 2 is 1.89 bits per heavy atom. The van der Waals surface area contributed by atoms with Gasteiger partial charge >= 0.3 is 5.97 Å². The van der Waals surface area contributed by atoms with Crippen molar-refractivity contribution < 1.29 is 9.90 Å². The number of nitrogens with zero attached hydrogens (tertiary/aromatic N) is 4. The van der Waals surface area contributed by atoms with Gasteiger partial charge in [0.05, 0.1) is 17.2 Å². The standard InChI is InChI=1S/C28H37Cl2N5O2/c1-16-7-8-22(23(29)10-16)17(2)31-25-24(30)18(3)32-27(33-25)35-14-20(15-35)19-6-5-9-34(13-19)21-11-28(4,12-21)26(36)37/h7-8,10,17,19-21H,5-6,9,11-15H2,1-4H3,(H,36,37)(H,31,32,33)/t17-,19+,21-,28-/m1/s1. The molecule has 7 nitrogen and oxygen atoms in total. The lowest BCUT2D eigenvalue weighted by atomic mass is 9.65. The average molecular weight is 547 g/mol. The molecule has 2 aliphatic heterocycles. The Balaban J connectivity index is 1.20. The predicted octanol–water partition coefficient (Wildman–Crippen LogP) is 5.97. The zero-order chi connectivity index (χ0) is 26.5. The molecule has 1 aliphatic carbocycles. The van der Waals surface area contributed by atoms with Crippen molar-refractivity contribution in [2.24, 2.45) is 17.3 Å². The van der Waals surface area contributed by atoms with Crippen LogP contribution >= 0.6 is 23.2 Å². The van der Waals surface area contributed by atoms with E-state index >= 15 is 0 Å². The molecule has 5 rings (SSSR count). The minimum Gasteiger partial charge on any atom is -0.481 e. The number of hydrogen-bond donors (Lipinski definition) is 2. The maximum Gasteiger partial charge on any atom is 0.309 e. The van der Waals surface area contributed by atoms with Crippen LogP contribution in [0, 0.1) is 31.1 Å². The molecular weight excluding hydrogens is 509 g/mol. The molecule has 37 heavy (non-hydrogen) atoms. The number of aryl methyl sites for hydroxylation is 2. The Kier molecular flexibility index (Phi) is 7.33. The zero-order valence-corrected chi connectivity index (χ0v) is 23.6. The van der Waals surface area contributed by atoms with Crippen molar-refractivity contribution >= 4 is 40.9 Å². The summed E-state index contributed by atoms with van der Waals surface area (Å²) in [6.07, 6.45) is 3.96. The first-order valence-electron chi connectivity index (χ1n) is 13.3. The van der Waals surface area contributed by atoms with E-state index in [0.29, 0.717) is 34.7 Å². The highest BCUT2D eigenvalue weighted by Gasteiger charge is 2.49. The fraction of sp³-hybridized carbons (Fsp3) is 0.607. The van der Waals surface area contributed by atoms with Gasteiger partial charge in [0.15, 0.2) is 5.82 Å². The smallest absolute Gasteiger partial charge is 0.309 e. The molecule has 2 N–H and O–H groups in total. The van der Waals surface area contributed by atoms with Gasteiger partial charge in [-0.15, -0.1) is 0 Å². The zero-order valence-electron chi connectivity index (χ0n) is 22.1. The first kappa shape index (κ1) is 26.5. The largest absolute Gasteiger partial charge is 0.481 e. The average Bonchev–Trinajstić information content (AvgIpc) is 2.79. The Hall–Kier alpha value is -2.09. The van der Waals surface area contributed by atoms with Gasteiger partial charge in [-0.05, 0) is 89.0 Å². The van der Waals surface area contributed by atoms with E-state index in [4.69, 9.17) is 33.2 Å². The molecule has 9 heteroatoms. The molecule has 0 spiro atoms. The molecule has 1 saturated carbocycles. The Morgan fingerprint density at radius 1 is 1.16 bits per heavy atom. The quantitative estimate of drug-likeness (QED) is 0.443. The number of halogens is 2. The second-order valence-corrected chi connectivity index (χ2v) is 12.4. The van der Waals surface area contributed by atoms with Crippen molar-refractivity contribution in [2.45, 2.75) is 65.5 Å². The number of piperidine rings is 1. The molecule has 0 amide bonds. The molecule has 2 aromatic rings. The third-order valence-corrected chi connectivity index (χ3v) is 9.51. The molecule has 3 heterocycles. The van der Waals surface area contributed by atoms with Gasteiger partial charge in [-0.3, -0.25) is 4.79 Å². The minimum absolute atomic E-state index is 0.0559. The number of hydrogen-bond acceptors (Lipinski definition) is 6.